The third-order valence-corrected chi connectivity index (χ3v) is 3.48. The molecule has 1 aromatic carbocycles. The lowest BCUT2D eigenvalue weighted by atomic mass is 10.2. The Bertz CT molecular complexity index is 844. The highest BCUT2D eigenvalue weighted by atomic mass is 79.9. The number of hydrogen-bond acceptors (Lipinski definition) is 4. The van der Waals surface area contributed by atoms with E-state index in [-0.39, 0.29) is 5.91 Å². The number of nitrogens with one attached hydrogen (secondary N) is 1. The average Bonchev–Trinajstić information content (AvgIpc) is 3.04. The molecular weight excluding hydrogens is 358 g/mol. The lowest BCUT2D eigenvalue weighted by Crippen LogP contribution is -2.18. The molecule has 0 spiro atoms. The van der Waals surface area contributed by atoms with Crippen LogP contribution >= 0.6 is 15.9 Å². The van der Waals surface area contributed by atoms with Gasteiger partial charge in [-0.3, -0.25) is 9.78 Å². The minimum atomic E-state index is -0.374. The molecule has 1 amide bonds. The van der Waals surface area contributed by atoms with Crippen LogP contribution in [0.2, 0.25) is 0 Å². The van der Waals surface area contributed by atoms with E-state index in [9.17, 15) is 4.79 Å². The van der Waals surface area contributed by atoms with Crippen LogP contribution in [0, 0.1) is 0 Å². The number of hydrazone groups is 1. The first-order valence-corrected chi connectivity index (χ1v) is 7.62. The lowest BCUT2D eigenvalue weighted by Gasteiger charge is -1.98. The SMILES string of the molecule is O=C(N/N=C\c1ccc(-c2cccc(Br)c2)o1)c1ccccn1. The van der Waals surface area contributed by atoms with Gasteiger partial charge in [0.2, 0.25) is 0 Å². The van der Waals surface area contributed by atoms with Crippen LogP contribution in [0.15, 0.2) is 74.8 Å². The molecule has 0 atom stereocenters. The van der Waals surface area contributed by atoms with Gasteiger partial charge >= 0.3 is 0 Å². The fourth-order valence-corrected chi connectivity index (χ4v) is 2.33. The van der Waals surface area contributed by atoms with Crippen molar-refractivity contribution in [1.82, 2.24) is 10.4 Å². The molecular formula is C17H12BrN3O2. The standard InChI is InChI=1S/C17H12BrN3O2/c18-13-5-3-4-12(10-13)16-8-7-14(23-16)11-20-21-17(22)15-6-1-2-9-19-15/h1-11H,(H,21,22)/b20-11-. The van der Waals surface area contributed by atoms with Crippen molar-refractivity contribution in [2.24, 2.45) is 5.10 Å². The van der Waals surface area contributed by atoms with E-state index in [1.165, 1.54) is 6.21 Å². The van der Waals surface area contributed by atoms with E-state index < -0.39 is 0 Å². The molecule has 23 heavy (non-hydrogen) atoms. The van der Waals surface area contributed by atoms with Gasteiger partial charge in [0.25, 0.3) is 5.91 Å². The summed E-state index contributed by atoms with van der Waals surface area (Å²) in [5, 5.41) is 3.87. The number of rotatable bonds is 4. The summed E-state index contributed by atoms with van der Waals surface area (Å²) in [6.45, 7) is 0. The highest BCUT2D eigenvalue weighted by Gasteiger charge is 2.05. The predicted molar refractivity (Wildman–Crippen MR) is 91.1 cm³/mol. The van der Waals surface area contributed by atoms with E-state index >= 15 is 0 Å². The molecule has 0 aliphatic heterocycles. The Hall–Kier alpha value is -2.73. The summed E-state index contributed by atoms with van der Waals surface area (Å²) in [7, 11) is 0. The van der Waals surface area contributed by atoms with Gasteiger partial charge in [-0.15, -0.1) is 0 Å². The Balaban J connectivity index is 1.66. The van der Waals surface area contributed by atoms with Crippen LogP contribution < -0.4 is 5.43 Å². The van der Waals surface area contributed by atoms with Gasteiger partial charge in [-0.1, -0.05) is 34.1 Å². The van der Waals surface area contributed by atoms with E-state index in [4.69, 9.17) is 4.42 Å². The summed E-state index contributed by atoms with van der Waals surface area (Å²) in [5.74, 6) is 0.894. The maximum Gasteiger partial charge on any atom is 0.289 e. The molecule has 0 unspecified atom stereocenters. The number of halogens is 1. The second kappa shape index (κ2) is 7.02. The monoisotopic (exact) mass is 369 g/mol. The van der Waals surface area contributed by atoms with Gasteiger partial charge < -0.3 is 4.42 Å². The minimum absolute atomic E-state index is 0.305. The van der Waals surface area contributed by atoms with Gasteiger partial charge in [-0.05, 0) is 36.4 Å². The van der Waals surface area contributed by atoms with Crippen molar-refractivity contribution in [3.05, 3.63) is 76.7 Å². The summed E-state index contributed by atoms with van der Waals surface area (Å²) in [6.07, 6.45) is 3.00. The van der Waals surface area contributed by atoms with E-state index in [0.29, 0.717) is 11.5 Å². The molecule has 114 valence electrons. The molecule has 3 aromatic rings. The Kier molecular flexibility index (Phi) is 4.63. The quantitative estimate of drug-likeness (QED) is 0.560. The largest absolute Gasteiger partial charge is 0.455 e. The van der Waals surface area contributed by atoms with Gasteiger partial charge in [0.05, 0.1) is 6.21 Å². The fourth-order valence-electron chi connectivity index (χ4n) is 1.93. The summed E-state index contributed by atoms with van der Waals surface area (Å²) in [5.41, 5.74) is 3.67. The maximum atomic E-state index is 11.8. The minimum Gasteiger partial charge on any atom is -0.455 e. The number of carbonyl (C=O) groups excluding carboxylic acids is 1. The van der Waals surface area contributed by atoms with Crippen LogP contribution in [-0.4, -0.2) is 17.1 Å². The molecule has 5 nitrogen and oxygen atoms in total. The Morgan fingerprint density at radius 3 is 2.87 bits per heavy atom. The van der Waals surface area contributed by atoms with Crippen molar-refractivity contribution in [3.63, 3.8) is 0 Å². The normalized spacial score (nSPS) is 10.8. The zero-order valence-corrected chi connectivity index (χ0v) is 13.5. The first kappa shape index (κ1) is 15.2. The van der Waals surface area contributed by atoms with Crippen LogP contribution in [0.3, 0.4) is 0 Å². The smallest absolute Gasteiger partial charge is 0.289 e. The maximum absolute atomic E-state index is 11.8. The van der Waals surface area contributed by atoms with Crippen LogP contribution in [-0.2, 0) is 0 Å². The first-order chi connectivity index (χ1) is 11.2. The second-order valence-electron chi connectivity index (χ2n) is 4.63. The third-order valence-electron chi connectivity index (χ3n) is 2.99. The zero-order valence-electron chi connectivity index (χ0n) is 11.9. The topological polar surface area (TPSA) is 67.5 Å². The Morgan fingerprint density at radius 1 is 1.17 bits per heavy atom. The van der Waals surface area contributed by atoms with Crippen LogP contribution in [0.1, 0.15) is 16.2 Å². The zero-order chi connectivity index (χ0) is 16.1. The van der Waals surface area contributed by atoms with E-state index in [0.717, 1.165) is 15.8 Å². The molecule has 0 aliphatic carbocycles. The van der Waals surface area contributed by atoms with Crippen LogP contribution in [0.5, 0.6) is 0 Å². The lowest BCUT2D eigenvalue weighted by molar-refractivity contribution is 0.0950. The molecule has 1 N–H and O–H groups in total. The van der Waals surface area contributed by atoms with Crippen molar-refractivity contribution < 1.29 is 9.21 Å². The molecule has 0 radical (unpaired) electrons. The molecule has 0 saturated heterocycles. The number of nitrogens with zero attached hydrogens (tertiary/aromatic N) is 2. The average molecular weight is 370 g/mol. The van der Waals surface area contributed by atoms with E-state index in [1.807, 2.05) is 30.3 Å². The number of aromatic nitrogens is 1. The summed E-state index contributed by atoms with van der Waals surface area (Å²) < 4.78 is 6.65. The number of amides is 1. The molecule has 0 aliphatic rings. The van der Waals surface area contributed by atoms with E-state index in [1.54, 1.807) is 30.5 Å². The molecule has 6 heteroatoms. The molecule has 2 aromatic heterocycles. The number of benzene rings is 1. The molecule has 0 saturated carbocycles. The number of furan rings is 1. The molecule has 0 bridgehead atoms. The van der Waals surface area contributed by atoms with Gasteiger partial charge in [0, 0.05) is 16.2 Å². The third kappa shape index (κ3) is 3.92. The highest BCUT2D eigenvalue weighted by Crippen LogP contribution is 2.24. The van der Waals surface area contributed by atoms with E-state index in [2.05, 4.69) is 31.4 Å². The number of carbonyl (C=O) groups is 1. The van der Waals surface area contributed by atoms with Crippen molar-refractivity contribution in [2.45, 2.75) is 0 Å². The highest BCUT2D eigenvalue weighted by molar-refractivity contribution is 9.10. The van der Waals surface area contributed by atoms with Crippen molar-refractivity contribution >= 4 is 28.1 Å². The molecule has 3 rings (SSSR count). The van der Waals surface area contributed by atoms with Crippen LogP contribution in [0.4, 0.5) is 0 Å². The van der Waals surface area contributed by atoms with Gasteiger partial charge in [-0.2, -0.15) is 5.10 Å². The van der Waals surface area contributed by atoms with Gasteiger partial charge in [0.15, 0.2) is 0 Å². The predicted octanol–water partition coefficient (Wildman–Crippen LogP) is 3.87. The van der Waals surface area contributed by atoms with Crippen molar-refractivity contribution in [3.8, 4) is 11.3 Å². The summed E-state index contributed by atoms with van der Waals surface area (Å²) in [4.78, 5) is 15.7. The van der Waals surface area contributed by atoms with Gasteiger partial charge in [-0.25, -0.2) is 5.43 Å². The first-order valence-electron chi connectivity index (χ1n) is 6.82. The molecule has 0 fully saturated rings. The molecule has 2 heterocycles. The summed E-state index contributed by atoms with van der Waals surface area (Å²) in [6, 6.07) is 16.5. The number of hydrogen-bond donors (Lipinski definition) is 1. The Labute approximate surface area is 141 Å². The van der Waals surface area contributed by atoms with Gasteiger partial charge in [0.1, 0.15) is 17.2 Å². The van der Waals surface area contributed by atoms with Crippen molar-refractivity contribution in [2.75, 3.05) is 0 Å². The second-order valence-corrected chi connectivity index (χ2v) is 5.54. The summed E-state index contributed by atoms with van der Waals surface area (Å²) >= 11 is 3.42. The number of pyridine rings is 1. The van der Waals surface area contributed by atoms with Crippen molar-refractivity contribution in [1.29, 1.82) is 0 Å². The van der Waals surface area contributed by atoms with Crippen LogP contribution in [0.25, 0.3) is 11.3 Å². The fraction of sp³-hybridized carbons (Fsp3) is 0. The Morgan fingerprint density at radius 2 is 2.09 bits per heavy atom.